The predicted octanol–water partition coefficient (Wildman–Crippen LogP) is 0.364. The van der Waals surface area contributed by atoms with Gasteiger partial charge in [0.25, 0.3) is 0 Å². The second kappa shape index (κ2) is 5.60. The smallest absolute Gasteiger partial charge is 0.317 e. The first-order chi connectivity index (χ1) is 7.22. The zero-order valence-electron chi connectivity index (χ0n) is 8.36. The van der Waals surface area contributed by atoms with E-state index < -0.39 is 0 Å². The molecule has 0 aliphatic heterocycles. The van der Waals surface area contributed by atoms with Gasteiger partial charge in [0.15, 0.2) is 0 Å². The number of carbonyl (C=O) groups excluding carboxylic acids is 1. The van der Waals surface area contributed by atoms with Gasteiger partial charge in [-0.05, 0) is 12.8 Å². The van der Waals surface area contributed by atoms with Crippen molar-refractivity contribution in [3.63, 3.8) is 0 Å². The molecule has 0 amide bonds. The fourth-order valence-electron chi connectivity index (χ4n) is 0.822. The first-order valence-corrected chi connectivity index (χ1v) is 4.44. The molecule has 1 aromatic rings. The highest BCUT2D eigenvalue weighted by Gasteiger charge is 1.96. The van der Waals surface area contributed by atoms with E-state index in [1.54, 1.807) is 6.92 Å². The van der Waals surface area contributed by atoms with E-state index in [-0.39, 0.29) is 12.4 Å². The Morgan fingerprint density at radius 2 is 2.33 bits per heavy atom. The van der Waals surface area contributed by atoms with Gasteiger partial charge in [-0.3, -0.25) is 4.79 Å². The number of hydrogen-bond acceptors (Lipinski definition) is 5. The molecule has 0 spiro atoms. The van der Waals surface area contributed by atoms with Gasteiger partial charge in [-0.1, -0.05) is 5.92 Å². The van der Waals surface area contributed by atoms with Gasteiger partial charge in [0.1, 0.15) is 17.9 Å². The summed E-state index contributed by atoms with van der Waals surface area (Å²) in [6, 6.07) is 0. The lowest BCUT2D eigenvalue weighted by atomic mass is 10.4. The Balaban J connectivity index is 2.51. The van der Waals surface area contributed by atoms with Crippen LogP contribution in [0.4, 0.5) is 5.82 Å². The Bertz CT molecular complexity index is 389. The third-order valence-corrected chi connectivity index (χ3v) is 1.43. The van der Waals surface area contributed by atoms with E-state index in [1.807, 2.05) is 0 Å². The van der Waals surface area contributed by atoms with Crippen LogP contribution in [0.1, 0.15) is 19.0 Å². The van der Waals surface area contributed by atoms with E-state index >= 15 is 0 Å². The molecule has 5 heteroatoms. The zero-order chi connectivity index (χ0) is 11.1. The summed E-state index contributed by atoms with van der Waals surface area (Å²) in [5, 5.41) is 0. The van der Waals surface area contributed by atoms with Crippen molar-refractivity contribution in [3.05, 3.63) is 18.1 Å². The van der Waals surface area contributed by atoms with Gasteiger partial charge >= 0.3 is 5.97 Å². The first-order valence-electron chi connectivity index (χ1n) is 4.44. The maximum absolute atomic E-state index is 10.9. The quantitative estimate of drug-likeness (QED) is 0.557. The Hall–Kier alpha value is -2.09. The van der Waals surface area contributed by atoms with Crippen LogP contribution in [0.3, 0.4) is 0 Å². The summed E-state index contributed by atoms with van der Waals surface area (Å²) in [4.78, 5) is 18.6. The number of nitrogens with two attached hydrogens (primary N) is 1. The Kier molecular flexibility index (Phi) is 4.10. The summed E-state index contributed by atoms with van der Waals surface area (Å²) in [5.41, 5.74) is 5.83. The average Bonchev–Trinajstić information content (AvgIpc) is 2.21. The van der Waals surface area contributed by atoms with Crippen LogP contribution >= 0.6 is 0 Å². The van der Waals surface area contributed by atoms with E-state index in [0.717, 1.165) is 0 Å². The molecule has 0 aliphatic rings. The standard InChI is InChI=1S/C10H11N3O2/c1-2-15-10(14)5-3-4-8-6-13-9(11)7-12-8/h6-7H,2,5H2,1H3,(H2,11,13). The molecule has 1 heterocycles. The highest BCUT2D eigenvalue weighted by molar-refractivity contribution is 5.72. The largest absolute Gasteiger partial charge is 0.465 e. The summed E-state index contributed by atoms with van der Waals surface area (Å²) in [5.74, 6) is 5.32. The molecule has 1 aromatic heterocycles. The van der Waals surface area contributed by atoms with Crippen LogP contribution in [-0.2, 0) is 9.53 Å². The van der Waals surface area contributed by atoms with Crippen LogP contribution < -0.4 is 5.73 Å². The van der Waals surface area contributed by atoms with Crippen molar-refractivity contribution in [2.24, 2.45) is 0 Å². The number of esters is 1. The molecule has 2 N–H and O–H groups in total. The molecule has 0 saturated carbocycles. The number of aromatic nitrogens is 2. The van der Waals surface area contributed by atoms with Crippen molar-refractivity contribution in [2.75, 3.05) is 12.3 Å². The van der Waals surface area contributed by atoms with Crippen LogP contribution in [0.2, 0.25) is 0 Å². The third-order valence-electron chi connectivity index (χ3n) is 1.43. The summed E-state index contributed by atoms with van der Waals surface area (Å²) >= 11 is 0. The van der Waals surface area contributed by atoms with Crippen molar-refractivity contribution >= 4 is 11.8 Å². The van der Waals surface area contributed by atoms with Gasteiger partial charge in [0, 0.05) is 0 Å². The van der Waals surface area contributed by atoms with Crippen molar-refractivity contribution in [1.82, 2.24) is 9.97 Å². The molecule has 0 unspecified atom stereocenters. The molecule has 78 valence electrons. The normalized spacial score (nSPS) is 8.87. The van der Waals surface area contributed by atoms with Crippen molar-refractivity contribution in [2.45, 2.75) is 13.3 Å². The Morgan fingerprint density at radius 1 is 1.53 bits per heavy atom. The topological polar surface area (TPSA) is 78.1 Å². The number of rotatable bonds is 2. The van der Waals surface area contributed by atoms with Gasteiger partial charge in [0.05, 0.1) is 19.0 Å². The minimum atomic E-state index is -0.339. The summed E-state index contributed by atoms with van der Waals surface area (Å²) in [6.07, 6.45) is 2.92. The molecule has 0 bridgehead atoms. The SMILES string of the molecule is CCOC(=O)CC#Cc1cnc(N)cn1. The minimum Gasteiger partial charge on any atom is -0.465 e. The van der Waals surface area contributed by atoms with E-state index in [1.165, 1.54) is 12.4 Å². The van der Waals surface area contributed by atoms with Gasteiger partial charge < -0.3 is 10.5 Å². The molecule has 5 nitrogen and oxygen atoms in total. The molecule has 0 saturated heterocycles. The lowest BCUT2D eigenvalue weighted by molar-refractivity contribution is -0.141. The second-order valence-corrected chi connectivity index (χ2v) is 2.61. The van der Waals surface area contributed by atoms with Crippen LogP contribution in [0.25, 0.3) is 0 Å². The van der Waals surface area contributed by atoms with Crippen LogP contribution in [0, 0.1) is 11.8 Å². The van der Waals surface area contributed by atoms with Crippen molar-refractivity contribution < 1.29 is 9.53 Å². The highest BCUT2D eigenvalue weighted by atomic mass is 16.5. The number of ether oxygens (including phenoxy) is 1. The minimum absolute atomic E-state index is 0.0555. The second-order valence-electron chi connectivity index (χ2n) is 2.61. The van der Waals surface area contributed by atoms with Crippen molar-refractivity contribution in [1.29, 1.82) is 0 Å². The summed E-state index contributed by atoms with van der Waals surface area (Å²) in [6.45, 7) is 2.11. The summed E-state index contributed by atoms with van der Waals surface area (Å²) < 4.78 is 4.70. The number of nitrogen functional groups attached to an aromatic ring is 1. The third kappa shape index (κ3) is 4.09. The van der Waals surface area contributed by atoms with E-state index in [0.29, 0.717) is 18.1 Å². The monoisotopic (exact) mass is 205 g/mol. The fourth-order valence-corrected chi connectivity index (χ4v) is 0.822. The molecule has 0 fully saturated rings. The molecule has 0 atom stereocenters. The average molecular weight is 205 g/mol. The first kappa shape index (κ1) is 11.0. The van der Waals surface area contributed by atoms with Crippen LogP contribution in [-0.4, -0.2) is 22.5 Å². The highest BCUT2D eigenvalue weighted by Crippen LogP contribution is 1.94. The van der Waals surface area contributed by atoms with E-state index in [9.17, 15) is 4.79 Å². The lowest BCUT2D eigenvalue weighted by Gasteiger charge is -1.94. The van der Waals surface area contributed by atoms with Gasteiger partial charge in [-0.25, -0.2) is 9.97 Å². The maximum Gasteiger partial charge on any atom is 0.317 e. The molecule has 0 radical (unpaired) electrons. The lowest BCUT2D eigenvalue weighted by Crippen LogP contribution is -2.01. The number of anilines is 1. The van der Waals surface area contributed by atoms with Gasteiger partial charge in [-0.15, -0.1) is 0 Å². The van der Waals surface area contributed by atoms with Crippen LogP contribution in [0.15, 0.2) is 12.4 Å². The molecule has 1 rings (SSSR count). The summed E-state index contributed by atoms with van der Waals surface area (Å²) in [7, 11) is 0. The van der Waals surface area contributed by atoms with Gasteiger partial charge in [0.2, 0.25) is 0 Å². The predicted molar refractivity (Wildman–Crippen MR) is 54.6 cm³/mol. The zero-order valence-corrected chi connectivity index (χ0v) is 8.36. The fraction of sp³-hybridized carbons (Fsp3) is 0.300. The Labute approximate surface area is 87.7 Å². The number of carbonyl (C=O) groups is 1. The number of nitrogens with zero attached hydrogens (tertiary/aromatic N) is 2. The Morgan fingerprint density at radius 3 is 2.93 bits per heavy atom. The maximum atomic E-state index is 10.9. The van der Waals surface area contributed by atoms with Gasteiger partial charge in [-0.2, -0.15) is 0 Å². The molecule has 0 aliphatic carbocycles. The molecule has 15 heavy (non-hydrogen) atoms. The number of hydrogen-bond donors (Lipinski definition) is 1. The van der Waals surface area contributed by atoms with Crippen molar-refractivity contribution in [3.8, 4) is 11.8 Å². The molecular formula is C10H11N3O2. The molecular weight excluding hydrogens is 194 g/mol. The van der Waals surface area contributed by atoms with Crippen LogP contribution in [0.5, 0.6) is 0 Å². The van der Waals surface area contributed by atoms with E-state index in [2.05, 4.69) is 21.8 Å². The molecule has 0 aromatic carbocycles. The van der Waals surface area contributed by atoms with E-state index in [4.69, 9.17) is 10.5 Å².